The molecule has 1 unspecified atom stereocenters. The van der Waals surface area contributed by atoms with Crippen molar-refractivity contribution in [1.29, 1.82) is 0 Å². The molecule has 0 bridgehead atoms. The maximum atomic E-state index is 13.9. The maximum absolute atomic E-state index is 13.9. The van der Waals surface area contributed by atoms with Crippen LogP contribution in [-0.4, -0.2) is 30.3 Å². The third-order valence-electron chi connectivity index (χ3n) is 5.66. The zero-order valence-corrected chi connectivity index (χ0v) is 17.1. The van der Waals surface area contributed by atoms with Crippen molar-refractivity contribution in [2.45, 2.75) is 12.3 Å². The lowest BCUT2D eigenvalue weighted by molar-refractivity contribution is -0.141. The molecule has 1 amide bonds. The van der Waals surface area contributed by atoms with Gasteiger partial charge in [-0.15, -0.1) is 0 Å². The van der Waals surface area contributed by atoms with E-state index in [4.69, 9.17) is 4.74 Å². The van der Waals surface area contributed by atoms with Gasteiger partial charge in [0.1, 0.15) is 18.2 Å². The number of halogens is 2. The predicted octanol–water partition coefficient (Wildman–Crippen LogP) is 4.75. The van der Waals surface area contributed by atoms with Gasteiger partial charge in [-0.2, -0.15) is 0 Å². The Morgan fingerprint density at radius 1 is 0.969 bits per heavy atom. The van der Waals surface area contributed by atoms with E-state index in [9.17, 15) is 23.5 Å². The number of carboxylic acid groups (broad SMARTS) is 1. The zero-order valence-electron chi connectivity index (χ0n) is 17.1. The van der Waals surface area contributed by atoms with Crippen LogP contribution in [0.2, 0.25) is 0 Å². The number of rotatable bonds is 7. The summed E-state index contributed by atoms with van der Waals surface area (Å²) in [5.41, 5.74) is 4.25. The zero-order chi connectivity index (χ0) is 22.7. The summed E-state index contributed by atoms with van der Waals surface area (Å²) in [5.74, 6) is -3.84. The van der Waals surface area contributed by atoms with Gasteiger partial charge >= 0.3 is 12.1 Å². The fraction of sp³-hybridized carbons (Fsp3) is 0.200. The van der Waals surface area contributed by atoms with E-state index in [1.54, 1.807) is 0 Å². The number of fused-ring (bicyclic) bond motifs is 3. The Kier molecular flexibility index (Phi) is 6.16. The molecule has 164 valence electrons. The SMILES string of the molecule is O=C(NCC(Cc1cc(F)ccc1F)C(=O)O)OCC1c2ccccc2-c2ccccc21. The van der Waals surface area contributed by atoms with E-state index in [2.05, 4.69) is 5.32 Å². The highest BCUT2D eigenvalue weighted by molar-refractivity contribution is 5.79. The maximum Gasteiger partial charge on any atom is 0.407 e. The highest BCUT2D eigenvalue weighted by Crippen LogP contribution is 2.44. The van der Waals surface area contributed by atoms with Gasteiger partial charge in [0.2, 0.25) is 0 Å². The average molecular weight is 437 g/mol. The summed E-state index contributed by atoms with van der Waals surface area (Å²) < 4.78 is 32.6. The van der Waals surface area contributed by atoms with Gasteiger partial charge in [-0.1, -0.05) is 48.5 Å². The van der Waals surface area contributed by atoms with Crippen LogP contribution in [0.3, 0.4) is 0 Å². The second-order valence-corrected chi connectivity index (χ2v) is 7.68. The van der Waals surface area contributed by atoms with E-state index in [0.717, 1.165) is 40.5 Å². The first-order valence-corrected chi connectivity index (χ1v) is 10.2. The molecule has 0 heterocycles. The third-order valence-corrected chi connectivity index (χ3v) is 5.66. The number of hydrogen-bond donors (Lipinski definition) is 2. The lowest BCUT2D eigenvalue weighted by atomic mass is 9.98. The molecule has 0 aromatic heterocycles. The Morgan fingerprint density at radius 2 is 1.59 bits per heavy atom. The summed E-state index contributed by atoms with van der Waals surface area (Å²) in [6.07, 6.45) is -1.03. The number of nitrogens with one attached hydrogen (secondary N) is 1. The van der Waals surface area contributed by atoms with Crippen molar-refractivity contribution in [2.75, 3.05) is 13.2 Å². The van der Waals surface area contributed by atoms with Crippen molar-refractivity contribution in [2.24, 2.45) is 5.92 Å². The molecule has 1 atom stereocenters. The lowest BCUT2D eigenvalue weighted by Crippen LogP contribution is -2.35. The standard InChI is InChI=1S/C25H21F2NO4/c26-17-9-10-23(27)15(12-17)11-16(24(29)30)13-28-25(31)32-14-22-20-7-3-1-5-18(20)19-6-2-4-8-21(19)22/h1-10,12,16,22H,11,13-14H2,(H,28,31)(H,29,30). The van der Waals surface area contributed by atoms with Gasteiger partial charge in [0, 0.05) is 12.5 Å². The molecule has 0 radical (unpaired) electrons. The summed E-state index contributed by atoms with van der Waals surface area (Å²) >= 11 is 0. The molecule has 7 heteroatoms. The lowest BCUT2D eigenvalue weighted by Gasteiger charge is -2.16. The van der Waals surface area contributed by atoms with Crippen LogP contribution in [-0.2, 0) is 16.0 Å². The van der Waals surface area contributed by atoms with Crippen LogP contribution in [0.15, 0.2) is 66.7 Å². The van der Waals surface area contributed by atoms with Crippen LogP contribution in [0.1, 0.15) is 22.6 Å². The monoisotopic (exact) mass is 437 g/mol. The first kappa shape index (κ1) is 21.5. The molecule has 0 aliphatic heterocycles. The van der Waals surface area contributed by atoms with E-state index in [-0.39, 0.29) is 31.1 Å². The Bertz CT molecular complexity index is 1120. The second-order valence-electron chi connectivity index (χ2n) is 7.68. The molecule has 3 aromatic carbocycles. The van der Waals surface area contributed by atoms with Gasteiger partial charge < -0.3 is 15.2 Å². The average Bonchev–Trinajstić information content (AvgIpc) is 3.11. The first-order valence-electron chi connectivity index (χ1n) is 10.2. The van der Waals surface area contributed by atoms with Gasteiger partial charge in [-0.05, 0) is 52.4 Å². The fourth-order valence-corrected chi connectivity index (χ4v) is 4.07. The molecule has 3 aromatic rings. The molecule has 0 spiro atoms. The fourth-order valence-electron chi connectivity index (χ4n) is 4.07. The molecule has 0 saturated heterocycles. The second kappa shape index (κ2) is 9.18. The topological polar surface area (TPSA) is 75.6 Å². The van der Waals surface area contributed by atoms with Crippen LogP contribution in [0.5, 0.6) is 0 Å². The van der Waals surface area contributed by atoms with E-state index >= 15 is 0 Å². The molecule has 0 saturated carbocycles. The Balaban J connectivity index is 1.37. The number of hydrogen-bond acceptors (Lipinski definition) is 3. The van der Waals surface area contributed by atoms with Crippen molar-refractivity contribution >= 4 is 12.1 Å². The summed E-state index contributed by atoms with van der Waals surface area (Å²) in [5, 5.41) is 11.9. The molecule has 2 N–H and O–H groups in total. The van der Waals surface area contributed by atoms with Gasteiger partial charge in [0.25, 0.3) is 0 Å². The minimum Gasteiger partial charge on any atom is -0.481 e. The number of benzene rings is 3. The minimum atomic E-state index is -1.23. The van der Waals surface area contributed by atoms with E-state index in [0.29, 0.717) is 0 Å². The number of carbonyl (C=O) groups is 2. The van der Waals surface area contributed by atoms with Gasteiger partial charge in [0.15, 0.2) is 0 Å². The highest BCUT2D eigenvalue weighted by Gasteiger charge is 2.29. The van der Waals surface area contributed by atoms with Crippen molar-refractivity contribution in [1.82, 2.24) is 5.32 Å². The van der Waals surface area contributed by atoms with Gasteiger partial charge in [0.05, 0.1) is 5.92 Å². The van der Waals surface area contributed by atoms with Crippen LogP contribution >= 0.6 is 0 Å². The summed E-state index contributed by atoms with van der Waals surface area (Å²) in [4.78, 5) is 23.8. The summed E-state index contributed by atoms with van der Waals surface area (Å²) in [6, 6.07) is 18.7. The van der Waals surface area contributed by atoms with Crippen molar-refractivity contribution in [3.05, 3.63) is 95.1 Å². The van der Waals surface area contributed by atoms with Crippen molar-refractivity contribution in [3.8, 4) is 11.1 Å². The summed E-state index contributed by atoms with van der Waals surface area (Å²) in [6.45, 7) is -0.182. The van der Waals surface area contributed by atoms with Crippen LogP contribution in [0.25, 0.3) is 11.1 Å². The summed E-state index contributed by atoms with van der Waals surface area (Å²) in [7, 11) is 0. The normalized spacial score (nSPS) is 13.2. The van der Waals surface area contributed by atoms with E-state index < -0.39 is 29.6 Å². The first-order chi connectivity index (χ1) is 15.4. The third kappa shape index (κ3) is 4.46. The van der Waals surface area contributed by atoms with Crippen LogP contribution < -0.4 is 5.32 Å². The Morgan fingerprint density at radius 3 is 2.22 bits per heavy atom. The number of carbonyl (C=O) groups excluding carboxylic acids is 1. The predicted molar refractivity (Wildman–Crippen MR) is 114 cm³/mol. The molecule has 5 nitrogen and oxygen atoms in total. The highest BCUT2D eigenvalue weighted by atomic mass is 19.1. The van der Waals surface area contributed by atoms with Crippen LogP contribution in [0, 0.1) is 17.6 Å². The number of carboxylic acids is 1. The minimum absolute atomic E-state index is 0.0632. The smallest absolute Gasteiger partial charge is 0.407 e. The molecular weight excluding hydrogens is 416 g/mol. The molecule has 0 fully saturated rings. The van der Waals surface area contributed by atoms with E-state index in [1.165, 1.54) is 0 Å². The number of ether oxygens (including phenoxy) is 1. The number of alkyl carbamates (subject to hydrolysis) is 1. The van der Waals surface area contributed by atoms with Crippen molar-refractivity contribution in [3.63, 3.8) is 0 Å². The van der Waals surface area contributed by atoms with Gasteiger partial charge in [-0.25, -0.2) is 13.6 Å². The van der Waals surface area contributed by atoms with Gasteiger partial charge in [-0.3, -0.25) is 4.79 Å². The quantitative estimate of drug-likeness (QED) is 0.560. The van der Waals surface area contributed by atoms with E-state index in [1.807, 2.05) is 48.5 Å². The Hall–Kier alpha value is -3.74. The van der Waals surface area contributed by atoms with Crippen molar-refractivity contribution < 1.29 is 28.2 Å². The Labute approximate surface area is 183 Å². The molecule has 4 rings (SSSR count). The molecular formula is C25H21F2NO4. The van der Waals surface area contributed by atoms with Crippen LogP contribution in [0.4, 0.5) is 13.6 Å². The largest absolute Gasteiger partial charge is 0.481 e. The molecule has 1 aliphatic rings. The number of amides is 1. The molecule has 32 heavy (non-hydrogen) atoms. The number of aliphatic carboxylic acids is 1. The molecule has 1 aliphatic carbocycles.